The largest absolute Gasteiger partial charge is 0.449 e. The number of carbonyl (C=O) groups excluding carboxylic acids is 1. The molecule has 0 radical (unpaired) electrons. The minimum atomic E-state index is -0.222. The van der Waals surface area contributed by atoms with Crippen molar-refractivity contribution in [1.82, 2.24) is 5.32 Å². The van der Waals surface area contributed by atoms with Crippen LogP contribution in [0.3, 0.4) is 0 Å². The molecule has 21 heavy (non-hydrogen) atoms. The molecule has 1 amide bonds. The van der Waals surface area contributed by atoms with Crippen LogP contribution >= 0.6 is 0 Å². The van der Waals surface area contributed by atoms with Gasteiger partial charge < -0.3 is 20.2 Å². The quantitative estimate of drug-likeness (QED) is 0.747. The summed E-state index contributed by atoms with van der Waals surface area (Å²) in [6, 6.07) is 12.2. The fourth-order valence-electron chi connectivity index (χ4n) is 1.73. The van der Waals surface area contributed by atoms with E-state index in [1.165, 1.54) is 0 Å². The van der Waals surface area contributed by atoms with Crippen LogP contribution in [0.25, 0.3) is 0 Å². The Balaban J connectivity index is 1.90. The zero-order chi connectivity index (χ0) is 15.1. The number of hydrogen-bond donors (Lipinski definition) is 3. The maximum Gasteiger partial charge on any atom is 0.251 e. The maximum atomic E-state index is 11.6. The van der Waals surface area contributed by atoms with Crippen molar-refractivity contribution < 1.29 is 14.3 Å². The van der Waals surface area contributed by atoms with Crippen LogP contribution in [0.4, 0.5) is 5.69 Å². The molecule has 3 N–H and O–H groups in total. The number of nitriles is 1. The Kier molecular flexibility index (Phi) is 4.96. The molecule has 0 aliphatic heterocycles. The lowest BCUT2D eigenvalue weighted by Gasteiger charge is -2.06. The standard InChI is InChI=1S/C15H15N3O3/c16-9-13-5-6-14(21-13)10-18-12-3-1-11(2-4-12)15(20)17-7-8-19/h1-6,18-19H,7-8,10H2,(H,17,20). The summed E-state index contributed by atoms with van der Waals surface area (Å²) in [5, 5.41) is 23.0. The highest BCUT2D eigenvalue weighted by Crippen LogP contribution is 2.13. The number of rotatable bonds is 6. The van der Waals surface area contributed by atoms with Gasteiger partial charge in [0.1, 0.15) is 11.8 Å². The molecule has 0 spiro atoms. The third kappa shape index (κ3) is 4.09. The molecule has 6 nitrogen and oxygen atoms in total. The number of benzene rings is 1. The van der Waals surface area contributed by atoms with E-state index in [9.17, 15) is 4.79 Å². The first-order valence-corrected chi connectivity index (χ1v) is 6.44. The third-order valence-electron chi connectivity index (χ3n) is 2.78. The molecular formula is C15H15N3O3. The third-order valence-corrected chi connectivity index (χ3v) is 2.78. The van der Waals surface area contributed by atoms with Crippen molar-refractivity contribution in [3.05, 3.63) is 53.5 Å². The lowest BCUT2D eigenvalue weighted by molar-refractivity contribution is 0.0945. The minimum absolute atomic E-state index is 0.0841. The number of aliphatic hydroxyl groups is 1. The number of aliphatic hydroxyl groups excluding tert-OH is 1. The summed E-state index contributed by atoms with van der Waals surface area (Å²) in [7, 11) is 0. The van der Waals surface area contributed by atoms with E-state index in [4.69, 9.17) is 14.8 Å². The maximum absolute atomic E-state index is 11.6. The molecule has 1 aromatic heterocycles. The number of furan rings is 1. The molecule has 1 aromatic carbocycles. The normalized spacial score (nSPS) is 9.90. The molecule has 0 fully saturated rings. The first-order valence-electron chi connectivity index (χ1n) is 6.44. The van der Waals surface area contributed by atoms with Gasteiger partial charge in [-0.2, -0.15) is 5.26 Å². The lowest BCUT2D eigenvalue weighted by atomic mass is 10.2. The number of nitrogens with zero attached hydrogens (tertiary/aromatic N) is 1. The van der Waals surface area contributed by atoms with Crippen LogP contribution in [0.15, 0.2) is 40.8 Å². The Labute approximate surface area is 122 Å². The van der Waals surface area contributed by atoms with Gasteiger partial charge in [0, 0.05) is 17.8 Å². The Bertz CT molecular complexity index is 641. The fourth-order valence-corrected chi connectivity index (χ4v) is 1.73. The Morgan fingerprint density at radius 3 is 2.62 bits per heavy atom. The van der Waals surface area contributed by atoms with E-state index in [0.29, 0.717) is 17.9 Å². The highest BCUT2D eigenvalue weighted by Gasteiger charge is 2.05. The Hall–Kier alpha value is -2.78. The highest BCUT2D eigenvalue weighted by molar-refractivity contribution is 5.94. The molecule has 6 heteroatoms. The first-order chi connectivity index (χ1) is 10.2. The van der Waals surface area contributed by atoms with Gasteiger partial charge in [0.05, 0.1) is 13.2 Å². The molecule has 108 valence electrons. The second-order valence-electron chi connectivity index (χ2n) is 4.29. The zero-order valence-corrected chi connectivity index (χ0v) is 11.3. The molecule has 0 bridgehead atoms. The Morgan fingerprint density at radius 1 is 1.24 bits per heavy atom. The second kappa shape index (κ2) is 7.12. The fraction of sp³-hybridized carbons (Fsp3) is 0.200. The van der Waals surface area contributed by atoms with Crippen LogP contribution in [0.2, 0.25) is 0 Å². The molecule has 0 atom stereocenters. The predicted octanol–water partition coefficient (Wildman–Crippen LogP) is 1.49. The Morgan fingerprint density at radius 2 is 2.00 bits per heavy atom. The van der Waals surface area contributed by atoms with Gasteiger partial charge in [0.15, 0.2) is 0 Å². The molecule has 0 unspecified atom stereocenters. The summed E-state index contributed by atoms with van der Waals surface area (Å²) in [4.78, 5) is 11.6. The average Bonchev–Trinajstić information content (AvgIpc) is 2.99. The van der Waals surface area contributed by atoms with E-state index in [-0.39, 0.29) is 24.8 Å². The van der Waals surface area contributed by atoms with Crippen molar-refractivity contribution in [3.63, 3.8) is 0 Å². The van der Waals surface area contributed by atoms with E-state index in [1.54, 1.807) is 36.4 Å². The van der Waals surface area contributed by atoms with Crippen molar-refractivity contribution in [2.45, 2.75) is 6.54 Å². The van der Waals surface area contributed by atoms with Gasteiger partial charge in [-0.1, -0.05) is 0 Å². The SMILES string of the molecule is N#Cc1ccc(CNc2ccc(C(=O)NCCO)cc2)o1. The van der Waals surface area contributed by atoms with Crippen LogP contribution in [0.5, 0.6) is 0 Å². The summed E-state index contributed by atoms with van der Waals surface area (Å²) in [5.41, 5.74) is 1.36. The zero-order valence-electron chi connectivity index (χ0n) is 11.3. The molecular weight excluding hydrogens is 270 g/mol. The molecule has 0 aliphatic rings. The van der Waals surface area contributed by atoms with Crippen LogP contribution < -0.4 is 10.6 Å². The van der Waals surface area contributed by atoms with E-state index in [2.05, 4.69) is 10.6 Å². The molecule has 1 heterocycles. The second-order valence-corrected chi connectivity index (χ2v) is 4.29. The van der Waals surface area contributed by atoms with Gasteiger partial charge in [-0.25, -0.2) is 0 Å². The molecule has 0 aliphatic carbocycles. The van der Waals surface area contributed by atoms with Gasteiger partial charge in [-0.3, -0.25) is 4.79 Å². The molecule has 0 saturated carbocycles. The van der Waals surface area contributed by atoms with Gasteiger partial charge in [0.25, 0.3) is 5.91 Å². The predicted molar refractivity (Wildman–Crippen MR) is 76.6 cm³/mol. The van der Waals surface area contributed by atoms with Crippen molar-refractivity contribution in [2.75, 3.05) is 18.5 Å². The topological polar surface area (TPSA) is 98.3 Å². The van der Waals surface area contributed by atoms with E-state index in [1.807, 2.05) is 6.07 Å². The van der Waals surface area contributed by atoms with Crippen LogP contribution in [0, 0.1) is 11.3 Å². The molecule has 0 saturated heterocycles. The van der Waals surface area contributed by atoms with Crippen LogP contribution in [0.1, 0.15) is 21.9 Å². The van der Waals surface area contributed by atoms with Gasteiger partial charge in [-0.15, -0.1) is 0 Å². The van der Waals surface area contributed by atoms with E-state index in [0.717, 1.165) is 5.69 Å². The number of hydrogen-bond acceptors (Lipinski definition) is 5. The van der Waals surface area contributed by atoms with Gasteiger partial charge in [0.2, 0.25) is 5.76 Å². The van der Waals surface area contributed by atoms with E-state index >= 15 is 0 Å². The summed E-state index contributed by atoms with van der Waals surface area (Å²) < 4.78 is 5.25. The number of anilines is 1. The smallest absolute Gasteiger partial charge is 0.251 e. The summed E-state index contributed by atoms with van der Waals surface area (Å²) >= 11 is 0. The van der Waals surface area contributed by atoms with Gasteiger partial charge >= 0.3 is 0 Å². The lowest BCUT2D eigenvalue weighted by Crippen LogP contribution is -2.26. The molecule has 2 rings (SSSR count). The van der Waals surface area contributed by atoms with Crippen molar-refractivity contribution in [2.24, 2.45) is 0 Å². The van der Waals surface area contributed by atoms with E-state index < -0.39 is 0 Å². The van der Waals surface area contributed by atoms with Crippen LogP contribution in [-0.2, 0) is 6.54 Å². The van der Waals surface area contributed by atoms with Crippen molar-refractivity contribution >= 4 is 11.6 Å². The van der Waals surface area contributed by atoms with Crippen LogP contribution in [-0.4, -0.2) is 24.2 Å². The first kappa shape index (κ1) is 14.6. The number of nitrogens with one attached hydrogen (secondary N) is 2. The summed E-state index contributed by atoms with van der Waals surface area (Å²) in [6.07, 6.45) is 0. The summed E-state index contributed by atoms with van der Waals surface area (Å²) in [6.45, 7) is 0.607. The number of carbonyl (C=O) groups is 1. The van der Waals surface area contributed by atoms with Crippen molar-refractivity contribution in [1.29, 1.82) is 5.26 Å². The average molecular weight is 285 g/mol. The molecule has 2 aromatic rings. The van der Waals surface area contributed by atoms with Crippen molar-refractivity contribution in [3.8, 4) is 6.07 Å². The highest BCUT2D eigenvalue weighted by atomic mass is 16.3. The summed E-state index contributed by atoms with van der Waals surface area (Å²) in [5.74, 6) is 0.722. The van der Waals surface area contributed by atoms with Gasteiger partial charge in [-0.05, 0) is 36.4 Å². The monoisotopic (exact) mass is 285 g/mol. The number of amides is 1. The minimum Gasteiger partial charge on any atom is -0.449 e.